The molecule has 0 saturated carbocycles. The summed E-state index contributed by atoms with van der Waals surface area (Å²) in [5.74, 6) is 0. The molecular formula is C107H79BClN3O2. The first kappa shape index (κ1) is 70.2. The Kier molecular flexibility index (Phi) is 17.5. The van der Waals surface area contributed by atoms with Gasteiger partial charge < -0.3 is 9.31 Å². The minimum absolute atomic E-state index is 0.378. The topological polar surface area (TPSA) is 57.1 Å². The Morgan fingerprint density at radius 1 is 0.281 bits per heavy atom. The third-order valence-corrected chi connectivity index (χ3v) is 24.8. The van der Waals surface area contributed by atoms with Gasteiger partial charge in [-0.3, -0.25) is 4.98 Å². The molecular weight excluding hydrogens is 1410 g/mol. The number of hydrogen-bond donors (Lipinski definition) is 0. The first-order chi connectivity index (χ1) is 55.9. The molecule has 19 aromatic rings. The molecule has 4 heterocycles. The van der Waals surface area contributed by atoms with Gasteiger partial charge in [0.25, 0.3) is 0 Å². The Hall–Kier alpha value is -12.9. The number of pyridine rings is 3. The summed E-state index contributed by atoms with van der Waals surface area (Å²) in [7, 11) is -0.398. The maximum absolute atomic E-state index is 6.42. The van der Waals surface area contributed by atoms with Gasteiger partial charge in [-0.15, -0.1) is 0 Å². The van der Waals surface area contributed by atoms with E-state index >= 15 is 0 Å². The van der Waals surface area contributed by atoms with Crippen molar-refractivity contribution in [3.63, 3.8) is 0 Å². The smallest absolute Gasteiger partial charge is 0.399 e. The summed E-state index contributed by atoms with van der Waals surface area (Å²) in [6, 6.07) is 137. The van der Waals surface area contributed by atoms with Crippen LogP contribution in [-0.4, -0.2) is 33.3 Å². The fourth-order valence-electron chi connectivity index (χ4n) is 18.5. The molecule has 4 aliphatic rings. The molecule has 0 spiro atoms. The Bertz CT molecular complexity index is 6890. The van der Waals surface area contributed by atoms with Gasteiger partial charge >= 0.3 is 7.12 Å². The van der Waals surface area contributed by atoms with E-state index in [1.54, 1.807) is 0 Å². The molecule has 3 aliphatic carbocycles. The molecule has 1 fully saturated rings. The van der Waals surface area contributed by atoms with E-state index in [0.717, 1.165) is 73.0 Å². The fourth-order valence-corrected chi connectivity index (χ4v) is 18.8. The first-order valence-corrected chi connectivity index (χ1v) is 39.9. The maximum Gasteiger partial charge on any atom is 0.494 e. The molecule has 0 radical (unpaired) electrons. The lowest BCUT2D eigenvalue weighted by atomic mass is 9.66. The largest absolute Gasteiger partial charge is 0.494 e. The van der Waals surface area contributed by atoms with Crippen LogP contribution < -0.4 is 5.46 Å². The Morgan fingerprint density at radius 3 is 1.20 bits per heavy atom. The minimum Gasteiger partial charge on any atom is -0.399 e. The van der Waals surface area contributed by atoms with E-state index in [0.29, 0.717) is 5.02 Å². The summed E-state index contributed by atoms with van der Waals surface area (Å²) >= 11 is 6.37. The maximum atomic E-state index is 6.42. The molecule has 114 heavy (non-hydrogen) atoms. The van der Waals surface area contributed by atoms with Gasteiger partial charge in [-0.25, -0.2) is 9.97 Å². The molecule has 3 aromatic heterocycles. The summed E-state index contributed by atoms with van der Waals surface area (Å²) < 4.78 is 12.8. The van der Waals surface area contributed by atoms with E-state index in [-0.39, 0.29) is 11.2 Å². The molecule has 23 rings (SSSR count). The molecule has 1 aliphatic heterocycles. The summed E-state index contributed by atoms with van der Waals surface area (Å²) in [6.07, 6.45) is 2.16. The average molecular weight is 1490 g/mol. The second-order valence-electron chi connectivity index (χ2n) is 31.4. The molecule has 0 unspecified atom stereocenters. The number of nitrogens with zero attached hydrogens (tertiary/aromatic N) is 3. The van der Waals surface area contributed by atoms with Crippen LogP contribution in [0.5, 0.6) is 0 Å². The second-order valence-corrected chi connectivity index (χ2v) is 31.8. The van der Waals surface area contributed by atoms with Crippen LogP contribution in [0.25, 0.3) is 121 Å². The average Bonchev–Trinajstić information content (AvgIpc) is 1.53. The molecule has 7 heteroatoms. The highest BCUT2D eigenvalue weighted by atomic mass is 35.5. The van der Waals surface area contributed by atoms with Crippen molar-refractivity contribution in [2.75, 3.05) is 0 Å². The summed E-state index contributed by atoms with van der Waals surface area (Å²) in [5, 5.41) is 11.3. The van der Waals surface area contributed by atoms with Crippen molar-refractivity contribution in [2.45, 2.75) is 62.6 Å². The zero-order valence-corrected chi connectivity index (χ0v) is 64.7. The van der Waals surface area contributed by atoms with Crippen LogP contribution in [0.3, 0.4) is 0 Å². The zero-order chi connectivity index (χ0) is 76.7. The van der Waals surface area contributed by atoms with Crippen molar-refractivity contribution < 1.29 is 9.31 Å². The van der Waals surface area contributed by atoms with Crippen LogP contribution in [0.4, 0.5) is 0 Å². The van der Waals surface area contributed by atoms with Crippen LogP contribution >= 0.6 is 11.6 Å². The minimum atomic E-state index is -0.433. The van der Waals surface area contributed by atoms with E-state index in [9.17, 15) is 0 Å². The normalized spacial score (nSPS) is 14.7. The molecule has 544 valence electrons. The first-order valence-electron chi connectivity index (χ1n) is 39.5. The van der Waals surface area contributed by atoms with E-state index in [2.05, 4.69) is 373 Å². The number of aromatic nitrogens is 3. The van der Waals surface area contributed by atoms with Gasteiger partial charge in [0.2, 0.25) is 0 Å². The van der Waals surface area contributed by atoms with Crippen LogP contribution in [0, 0.1) is 0 Å². The van der Waals surface area contributed by atoms with Gasteiger partial charge in [0.05, 0.1) is 54.6 Å². The van der Waals surface area contributed by atoms with Gasteiger partial charge in [0, 0.05) is 43.8 Å². The van der Waals surface area contributed by atoms with Crippen molar-refractivity contribution in [3.8, 4) is 44.5 Å². The van der Waals surface area contributed by atoms with Crippen molar-refractivity contribution >= 4 is 100 Å². The SMILES string of the molecule is CC1(C)OB(c2cccc(C3(c4ccccc4)c4ccccc4-c4ccccc43)c2)OC1(C)C.Clc1cc2ccccc2c2cc3ccccc3nc12.c1ccc(C2(c3cccc(-c4cc5ccccc5c5cc6ccccc6nc45)c3)c3ccccc3-c3ccccc32)cc1.c1ccc2c(c1)CCc1nc3ccccc3cc1-2. The summed E-state index contributed by atoms with van der Waals surface area (Å²) in [6.45, 7) is 8.41. The number of hydrogen-bond acceptors (Lipinski definition) is 5. The molecule has 5 nitrogen and oxygen atoms in total. The van der Waals surface area contributed by atoms with Crippen molar-refractivity contribution in [2.24, 2.45) is 0 Å². The third kappa shape index (κ3) is 11.7. The predicted octanol–water partition coefficient (Wildman–Crippen LogP) is 26.1. The van der Waals surface area contributed by atoms with Crippen molar-refractivity contribution in [1.29, 1.82) is 0 Å². The Labute approximate surface area is 670 Å². The highest BCUT2D eigenvalue weighted by molar-refractivity contribution is 6.62. The van der Waals surface area contributed by atoms with Gasteiger partial charge in [-0.1, -0.05) is 339 Å². The molecule has 16 aromatic carbocycles. The number of para-hydroxylation sites is 3. The van der Waals surface area contributed by atoms with Crippen molar-refractivity contribution in [3.05, 3.63) is 443 Å². The highest BCUT2D eigenvalue weighted by Crippen LogP contribution is 2.58. The van der Waals surface area contributed by atoms with E-state index in [1.807, 2.05) is 36.4 Å². The number of benzene rings is 16. The molecule has 0 bridgehead atoms. The highest BCUT2D eigenvalue weighted by Gasteiger charge is 2.53. The summed E-state index contributed by atoms with van der Waals surface area (Å²) in [4.78, 5) is 14.8. The molecule has 0 atom stereocenters. The van der Waals surface area contributed by atoms with Crippen molar-refractivity contribution in [1.82, 2.24) is 15.0 Å². The fraction of sp³-hybridized carbons (Fsp3) is 0.0935. The van der Waals surface area contributed by atoms with Gasteiger partial charge in [-0.05, 0) is 206 Å². The standard InChI is InChI=1S/C42H27N.C31H29BO2.C17H10ClN.C17H13N/c1-2-16-31(17-3-1)42(38-22-9-7-20-34(38)35-21-8-10-23-39(35)42)32-18-12-15-28(25-32)36-26-29-13-4-6-19-33(29)37-27-30-14-5-11-24-40(30)43-41(36)37;1-29(2)30(3,4)34-32(33-29)24-16-12-15-23(21-24)31(22-13-6-5-7-14-22)27-19-10-8-17-25(27)26-18-9-11-20-28(26)31;18-15-10-11-5-1-3-7-13(11)14-9-12-6-2-4-8-16(12)19-17(14)15;1-3-7-14-12(5-1)9-10-17-15(14)11-13-6-2-4-8-16(13)18-17/h1-27H;5-21H,1-4H3;1-10H;1-8,11H,9-10H2. The molecule has 1 saturated heterocycles. The monoisotopic (exact) mass is 1480 g/mol. The summed E-state index contributed by atoms with van der Waals surface area (Å²) in [5.41, 5.74) is 27.7. The van der Waals surface area contributed by atoms with Gasteiger partial charge in [0.1, 0.15) is 0 Å². The molecule has 0 N–H and O–H groups in total. The Balaban J connectivity index is 0.000000105. The van der Waals surface area contributed by atoms with Crippen LogP contribution in [0.2, 0.25) is 5.02 Å². The lowest BCUT2D eigenvalue weighted by Crippen LogP contribution is -2.41. The number of fused-ring (bicyclic) bond motifs is 18. The predicted molar refractivity (Wildman–Crippen MR) is 475 cm³/mol. The van der Waals surface area contributed by atoms with Crippen LogP contribution in [0.1, 0.15) is 83.5 Å². The number of rotatable bonds is 6. The second kappa shape index (κ2) is 28.4. The van der Waals surface area contributed by atoms with E-state index in [1.165, 1.54) is 122 Å². The third-order valence-electron chi connectivity index (χ3n) is 24.5. The zero-order valence-electron chi connectivity index (χ0n) is 63.9. The number of halogens is 1. The van der Waals surface area contributed by atoms with E-state index < -0.39 is 17.9 Å². The lowest BCUT2D eigenvalue weighted by Gasteiger charge is -2.34. The van der Waals surface area contributed by atoms with E-state index in [4.69, 9.17) is 35.9 Å². The quantitative estimate of drug-likeness (QED) is 0.0943. The Morgan fingerprint density at radius 2 is 0.667 bits per heavy atom. The van der Waals surface area contributed by atoms with Crippen LogP contribution in [-0.2, 0) is 33.0 Å². The van der Waals surface area contributed by atoms with Gasteiger partial charge in [-0.2, -0.15) is 0 Å². The molecule has 0 amide bonds. The van der Waals surface area contributed by atoms with Crippen LogP contribution in [0.15, 0.2) is 382 Å². The number of aryl methyl sites for hydroxylation is 2. The van der Waals surface area contributed by atoms with Gasteiger partial charge in [0.15, 0.2) is 0 Å². The lowest BCUT2D eigenvalue weighted by molar-refractivity contribution is 0.00578.